The summed E-state index contributed by atoms with van der Waals surface area (Å²) in [5.41, 5.74) is 0. The average molecular weight is 289 g/mol. The minimum absolute atomic E-state index is 0.0132. The number of hydrogen-bond donors (Lipinski definition) is 1. The minimum Gasteiger partial charge on any atom is -0.469 e. The third-order valence-corrected chi connectivity index (χ3v) is 3.30. The van der Waals surface area contributed by atoms with E-state index >= 15 is 0 Å². The fourth-order valence-corrected chi connectivity index (χ4v) is 2.09. The number of esters is 1. The highest BCUT2D eigenvalue weighted by Gasteiger charge is 2.11. The van der Waals surface area contributed by atoms with Crippen LogP contribution in [-0.4, -0.2) is 53.4 Å². The second-order valence-corrected chi connectivity index (χ2v) is 5.29. The van der Waals surface area contributed by atoms with Crippen LogP contribution >= 0.6 is 0 Å². The Morgan fingerprint density at radius 3 is 2.61 bits per heavy atom. The molecule has 1 N–H and O–H groups in total. The minimum atomic E-state index is -3.51. The number of carbonyl (C=O) groups is 1. The Morgan fingerprint density at radius 2 is 2.06 bits per heavy atom. The smallest absolute Gasteiger partial charge is 0.305 e. The molecule has 0 unspecified atom stereocenters. The first-order valence-electron chi connectivity index (χ1n) is 5.27. The maximum Gasteiger partial charge on any atom is 0.305 e. The molecular formula is C9H17F2NO5S. The van der Waals surface area contributed by atoms with Crippen molar-refractivity contribution in [2.24, 2.45) is 0 Å². The van der Waals surface area contributed by atoms with E-state index in [1.807, 2.05) is 0 Å². The Bertz CT molecular complexity index is 334. The van der Waals surface area contributed by atoms with Crippen LogP contribution in [0.25, 0.3) is 0 Å². The van der Waals surface area contributed by atoms with E-state index in [1.165, 1.54) is 7.11 Å². The van der Waals surface area contributed by atoms with Gasteiger partial charge in [0.2, 0.25) is 10.0 Å². The van der Waals surface area contributed by atoms with E-state index in [9.17, 15) is 22.0 Å². The van der Waals surface area contributed by atoms with Crippen LogP contribution < -0.4 is 4.72 Å². The number of sulfonamides is 1. The van der Waals surface area contributed by atoms with Gasteiger partial charge in [-0.25, -0.2) is 21.9 Å². The second kappa shape index (κ2) is 9.17. The van der Waals surface area contributed by atoms with Crippen LogP contribution in [0.3, 0.4) is 0 Å². The molecule has 0 amide bonds. The Kier molecular flexibility index (Phi) is 8.77. The molecule has 0 bridgehead atoms. The maximum atomic E-state index is 11.7. The lowest BCUT2D eigenvalue weighted by molar-refractivity contribution is -0.140. The van der Waals surface area contributed by atoms with Gasteiger partial charge in [0.15, 0.2) is 0 Å². The molecule has 0 aliphatic heterocycles. The van der Waals surface area contributed by atoms with Crippen molar-refractivity contribution in [3.63, 3.8) is 0 Å². The fourth-order valence-electron chi connectivity index (χ4n) is 1.02. The van der Waals surface area contributed by atoms with E-state index in [-0.39, 0.29) is 31.7 Å². The number of methoxy groups -OCH3 is 1. The predicted octanol–water partition coefficient (Wildman–Crippen LogP) is 0.141. The molecule has 0 radical (unpaired) electrons. The molecule has 0 fully saturated rings. The van der Waals surface area contributed by atoms with Gasteiger partial charge >= 0.3 is 5.97 Å². The highest BCUT2D eigenvalue weighted by Crippen LogP contribution is 1.96. The molecule has 0 aromatic rings. The van der Waals surface area contributed by atoms with Crippen LogP contribution in [0.1, 0.15) is 12.8 Å². The number of rotatable bonds is 10. The molecule has 0 rings (SSSR count). The first-order valence-corrected chi connectivity index (χ1v) is 6.92. The second-order valence-electron chi connectivity index (χ2n) is 3.36. The van der Waals surface area contributed by atoms with Crippen molar-refractivity contribution in [1.82, 2.24) is 4.72 Å². The van der Waals surface area contributed by atoms with Gasteiger partial charge < -0.3 is 9.47 Å². The Balaban J connectivity index is 3.64. The Labute approximate surface area is 105 Å². The Hall–Kier alpha value is -0.800. The largest absolute Gasteiger partial charge is 0.469 e. The normalized spacial score (nSPS) is 11.8. The van der Waals surface area contributed by atoms with Gasteiger partial charge in [-0.1, -0.05) is 0 Å². The standard InChI is InChI=1S/C9H17F2NO5S/c1-16-9(13)3-2-6-18(14,15)12-4-5-17-7-8(10)11/h8,12H,2-7H2,1H3. The Morgan fingerprint density at radius 1 is 1.39 bits per heavy atom. The zero-order valence-corrected chi connectivity index (χ0v) is 10.8. The van der Waals surface area contributed by atoms with E-state index in [1.54, 1.807) is 0 Å². The van der Waals surface area contributed by atoms with Gasteiger partial charge in [-0.05, 0) is 6.42 Å². The molecule has 9 heteroatoms. The molecule has 0 aliphatic carbocycles. The topological polar surface area (TPSA) is 81.7 Å². The molecule has 0 saturated heterocycles. The summed E-state index contributed by atoms with van der Waals surface area (Å²) in [5.74, 6) is -0.706. The zero-order chi connectivity index (χ0) is 14.0. The van der Waals surface area contributed by atoms with Gasteiger partial charge in [0, 0.05) is 13.0 Å². The van der Waals surface area contributed by atoms with Crippen molar-refractivity contribution < 1.29 is 31.5 Å². The van der Waals surface area contributed by atoms with E-state index in [2.05, 4.69) is 14.2 Å². The number of carbonyl (C=O) groups excluding carboxylic acids is 1. The number of halogens is 2. The van der Waals surface area contributed by atoms with Crippen molar-refractivity contribution >= 4 is 16.0 Å². The molecule has 0 aliphatic rings. The van der Waals surface area contributed by atoms with Crippen molar-refractivity contribution in [2.45, 2.75) is 19.3 Å². The highest BCUT2D eigenvalue weighted by atomic mass is 32.2. The summed E-state index contributed by atoms with van der Waals surface area (Å²) < 4.78 is 57.0. The van der Waals surface area contributed by atoms with E-state index in [0.29, 0.717) is 0 Å². The van der Waals surface area contributed by atoms with Crippen molar-refractivity contribution in [2.75, 3.05) is 32.6 Å². The zero-order valence-electron chi connectivity index (χ0n) is 10.0. The predicted molar refractivity (Wildman–Crippen MR) is 59.9 cm³/mol. The van der Waals surface area contributed by atoms with Gasteiger partial charge in [-0.3, -0.25) is 4.79 Å². The summed E-state index contributed by atoms with van der Waals surface area (Å²) in [7, 11) is -2.29. The molecule has 0 aromatic heterocycles. The van der Waals surface area contributed by atoms with Crippen LogP contribution in [-0.2, 0) is 24.3 Å². The van der Waals surface area contributed by atoms with Crippen molar-refractivity contribution in [3.8, 4) is 0 Å². The van der Waals surface area contributed by atoms with Crippen LogP contribution in [0.5, 0.6) is 0 Å². The summed E-state index contributed by atoms with van der Waals surface area (Å²) in [4.78, 5) is 10.7. The van der Waals surface area contributed by atoms with E-state index < -0.39 is 29.0 Å². The molecule has 0 saturated carbocycles. The number of hydrogen-bond acceptors (Lipinski definition) is 5. The van der Waals surface area contributed by atoms with Gasteiger partial charge in [0.1, 0.15) is 6.61 Å². The van der Waals surface area contributed by atoms with E-state index in [4.69, 9.17) is 0 Å². The molecule has 6 nitrogen and oxygen atoms in total. The first-order chi connectivity index (χ1) is 8.37. The van der Waals surface area contributed by atoms with Crippen molar-refractivity contribution in [1.29, 1.82) is 0 Å². The number of nitrogens with one attached hydrogen (secondary N) is 1. The lowest BCUT2D eigenvalue weighted by Crippen LogP contribution is -2.30. The van der Waals surface area contributed by atoms with E-state index in [0.717, 1.165) is 0 Å². The quantitative estimate of drug-likeness (QED) is 0.457. The van der Waals surface area contributed by atoms with Crippen molar-refractivity contribution in [3.05, 3.63) is 0 Å². The average Bonchev–Trinajstić information content (AvgIpc) is 2.27. The SMILES string of the molecule is COC(=O)CCCS(=O)(=O)NCCOCC(F)F. The van der Waals surface area contributed by atoms with Crippen LogP contribution in [0.4, 0.5) is 8.78 Å². The molecular weight excluding hydrogens is 272 g/mol. The molecule has 0 atom stereocenters. The molecule has 0 heterocycles. The number of ether oxygens (including phenoxy) is 2. The summed E-state index contributed by atoms with van der Waals surface area (Å²) >= 11 is 0. The van der Waals surface area contributed by atoms with Crippen LogP contribution in [0.15, 0.2) is 0 Å². The van der Waals surface area contributed by atoms with Crippen LogP contribution in [0.2, 0.25) is 0 Å². The van der Waals surface area contributed by atoms with Crippen LogP contribution in [0, 0.1) is 0 Å². The molecule has 0 spiro atoms. The lowest BCUT2D eigenvalue weighted by atomic mass is 10.3. The maximum absolute atomic E-state index is 11.7. The van der Waals surface area contributed by atoms with Gasteiger partial charge in [0.25, 0.3) is 6.43 Å². The summed E-state index contributed by atoms with van der Waals surface area (Å²) in [6.07, 6.45) is -2.42. The third kappa shape index (κ3) is 10.4. The molecule has 108 valence electrons. The summed E-state index contributed by atoms with van der Waals surface area (Å²) in [5, 5.41) is 0. The van der Waals surface area contributed by atoms with Gasteiger partial charge in [0.05, 0.1) is 19.5 Å². The first kappa shape index (κ1) is 17.2. The van der Waals surface area contributed by atoms with Gasteiger partial charge in [-0.2, -0.15) is 0 Å². The van der Waals surface area contributed by atoms with Gasteiger partial charge in [-0.15, -0.1) is 0 Å². The summed E-state index contributed by atoms with van der Waals surface area (Å²) in [6.45, 7) is -0.919. The molecule has 0 aromatic carbocycles. The summed E-state index contributed by atoms with van der Waals surface area (Å²) in [6, 6.07) is 0. The highest BCUT2D eigenvalue weighted by molar-refractivity contribution is 7.89. The molecule has 18 heavy (non-hydrogen) atoms. The number of alkyl halides is 2. The lowest BCUT2D eigenvalue weighted by Gasteiger charge is -2.07. The monoisotopic (exact) mass is 289 g/mol. The third-order valence-electron chi connectivity index (χ3n) is 1.83. The fraction of sp³-hybridized carbons (Fsp3) is 0.889.